The highest BCUT2D eigenvalue weighted by Crippen LogP contribution is 2.30. The quantitative estimate of drug-likeness (QED) is 0.767. The molecule has 24 heavy (non-hydrogen) atoms. The van der Waals surface area contributed by atoms with Crippen LogP contribution in [-0.4, -0.2) is 36.5 Å². The van der Waals surface area contributed by atoms with Gasteiger partial charge in [-0.25, -0.2) is 0 Å². The Balaban J connectivity index is 2.15. The van der Waals surface area contributed by atoms with E-state index in [1.54, 1.807) is 4.90 Å². The Bertz CT molecular complexity index is 578. The number of amides is 1. The molecule has 1 aromatic carbocycles. The highest BCUT2D eigenvalue weighted by atomic mass is 19.4. The summed E-state index contributed by atoms with van der Waals surface area (Å²) in [5.74, 6) is -0.766. The van der Waals surface area contributed by atoms with Crippen molar-refractivity contribution >= 4 is 11.9 Å². The topological polar surface area (TPSA) is 46.6 Å². The van der Waals surface area contributed by atoms with Crippen molar-refractivity contribution in [1.29, 1.82) is 0 Å². The minimum atomic E-state index is -4.43. The molecule has 0 aromatic heterocycles. The zero-order chi connectivity index (χ0) is 17.7. The maximum Gasteiger partial charge on any atom is 0.416 e. The molecule has 2 rings (SSSR count). The summed E-state index contributed by atoms with van der Waals surface area (Å²) in [5.41, 5.74) is -0.596. The monoisotopic (exact) mass is 343 g/mol. The lowest BCUT2D eigenvalue weighted by molar-refractivity contribution is -0.141. The van der Waals surface area contributed by atoms with Crippen LogP contribution >= 0.6 is 0 Å². The third kappa shape index (κ3) is 4.49. The number of hydrogen-bond acceptors (Lipinski definition) is 3. The maximum atomic E-state index is 12.7. The van der Waals surface area contributed by atoms with Crippen LogP contribution < -0.4 is 0 Å². The Morgan fingerprint density at radius 2 is 1.75 bits per heavy atom. The highest BCUT2D eigenvalue weighted by molar-refractivity contribution is 5.94. The second-order valence-corrected chi connectivity index (χ2v) is 5.84. The van der Waals surface area contributed by atoms with Gasteiger partial charge in [0.05, 0.1) is 19.1 Å². The van der Waals surface area contributed by atoms with Gasteiger partial charge in [-0.15, -0.1) is 0 Å². The first-order valence-corrected chi connectivity index (χ1v) is 7.88. The molecule has 0 saturated heterocycles. The van der Waals surface area contributed by atoms with Gasteiger partial charge in [0, 0.05) is 18.2 Å². The van der Waals surface area contributed by atoms with Gasteiger partial charge in [0.25, 0.3) is 5.91 Å². The Labute approximate surface area is 138 Å². The number of halogens is 3. The highest BCUT2D eigenvalue weighted by Gasteiger charge is 2.31. The van der Waals surface area contributed by atoms with Gasteiger partial charge >= 0.3 is 12.1 Å². The van der Waals surface area contributed by atoms with Crippen LogP contribution in [0, 0.1) is 0 Å². The summed E-state index contributed by atoms with van der Waals surface area (Å²) in [6.45, 7) is 0.206. The van der Waals surface area contributed by atoms with Crippen LogP contribution in [-0.2, 0) is 15.7 Å². The van der Waals surface area contributed by atoms with E-state index in [2.05, 4.69) is 4.74 Å². The average molecular weight is 343 g/mol. The van der Waals surface area contributed by atoms with Gasteiger partial charge in [0.2, 0.25) is 0 Å². The molecule has 0 spiro atoms. The van der Waals surface area contributed by atoms with Crippen LogP contribution in [0.1, 0.15) is 48.0 Å². The van der Waals surface area contributed by atoms with Crippen LogP contribution in [0.2, 0.25) is 0 Å². The van der Waals surface area contributed by atoms with Crippen molar-refractivity contribution in [1.82, 2.24) is 4.90 Å². The summed E-state index contributed by atoms with van der Waals surface area (Å²) in [5, 5.41) is 0. The van der Waals surface area contributed by atoms with Crippen molar-refractivity contribution < 1.29 is 27.5 Å². The van der Waals surface area contributed by atoms with E-state index in [1.165, 1.54) is 19.2 Å². The van der Waals surface area contributed by atoms with E-state index in [1.807, 2.05) is 0 Å². The number of alkyl halides is 3. The normalized spacial score (nSPS) is 15.3. The lowest BCUT2D eigenvalue weighted by Crippen LogP contribution is -2.40. The van der Waals surface area contributed by atoms with Gasteiger partial charge in [0.1, 0.15) is 0 Å². The van der Waals surface area contributed by atoms with Crippen molar-refractivity contribution in [3.05, 3.63) is 35.4 Å². The van der Waals surface area contributed by atoms with Crippen molar-refractivity contribution in [3.63, 3.8) is 0 Å². The molecule has 0 N–H and O–H groups in total. The first kappa shape index (κ1) is 18.3. The standard InChI is InChI=1S/C17H20F3NO3/c1-24-15(22)10-11-21(14-4-2-3-5-14)16(23)12-6-8-13(9-7-12)17(18,19)20/h6-9,14H,2-5,10-11H2,1H3. The van der Waals surface area contributed by atoms with E-state index in [4.69, 9.17) is 0 Å². The summed E-state index contributed by atoms with van der Waals surface area (Å²) in [4.78, 5) is 25.6. The molecule has 0 radical (unpaired) electrons. The first-order chi connectivity index (χ1) is 11.3. The van der Waals surface area contributed by atoms with Crippen molar-refractivity contribution in [2.24, 2.45) is 0 Å². The third-order valence-electron chi connectivity index (χ3n) is 4.27. The van der Waals surface area contributed by atoms with Crippen molar-refractivity contribution in [2.45, 2.75) is 44.3 Å². The Morgan fingerprint density at radius 3 is 2.25 bits per heavy atom. The van der Waals surface area contributed by atoms with E-state index in [9.17, 15) is 22.8 Å². The number of rotatable bonds is 5. The molecule has 1 fully saturated rings. The van der Waals surface area contributed by atoms with Crippen LogP contribution in [0.25, 0.3) is 0 Å². The summed E-state index contributed by atoms with van der Waals surface area (Å²) in [6.07, 6.45) is -0.683. The Kier molecular flexibility index (Phi) is 5.85. The molecule has 0 atom stereocenters. The molecule has 0 bridgehead atoms. The minimum Gasteiger partial charge on any atom is -0.469 e. The molecule has 1 aliphatic rings. The molecule has 1 saturated carbocycles. The SMILES string of the molecule is COC(=O)CCN(C(=O)c1ccc(C(F)(F)F)cc1)C1CCCC1. The van der Waals surface area contributed by atoms with Crippen LogP contribution in [0.5, 0.6) is 0 Å². The first-order valence-electron chi connectivity index (χ1n) is 7.88. The second kappa shape index (κ2) is 7.68. The minimum absolute atomic E-state index is 0.0180. The Hall–Kier alpha value is -2.05. The molecule has 132 valence electrons. The van der Waals surface area contributed by atoms with E-state index in [0.717, 1.165) is 37.8 Å². The van der Waals surface area contributed by atoms with Crippen LogP contribution in [0.15, 0.2) is 24.3 Å². The number of carbonyl (C=O) groups excluding carboxylic acids is 2. The fourth-order valence-corrected chi connectivity index (χ4v) is 2.95. The number of carbonyl (C=O) groups is 2. The molecule has 1 aliphatic carbocycles. The van der Waals surface area contributed by atoms with Gasteiger partial charge in [-0.2, -0.15) is 13.2 Å². The molecule has 0 aliphatic heterocycles. The lowest BCUT2D eigenvalue weighted by Gasteiger charge is -2.29. The molecular formula is C17H20F3NO3. The summed E-state index contributed by atoms with van der Waals surface area (Å²) in [7, 11) is 1.28. The zero-order valence-corrected chi connectivity index (χ0v) is 13.4. The fourth-order valence-electron chi connectivity index (χ4n) is 2.95. The average Bonchev–Trinajstić information content (AvgIpc) is 3.08. The molecular weight excluding hydrogens is 323 g/mol. The summed E-state index contributed by atoms with van der Waals surface area (Å²) in [6, 6.07) is 4.20. The van der Waals surface area contributed by atoms with Crippen LogP contribution in [0.3, 0.4) is 0 Å². The number of ether oxygens (including phenoxy) is 1. The molecule has 0 heterocycles. The van der Waals surface area contributed by atoms with Gasteiger partial charge in [-0.3, -0.25) is 9.59 Å². The number of esters is 1. The second-order valence-electron chi connectivity index (χ2n) is 5.84. The summed E-state index contributed by atoms with van der Waals surface area (Å²) < 4.78 is 42.5. The number of hydrogen-bond donors (Lipinski definition) is 0. The van der Waals surface area contributed by atoms with E-state index in [0.29, 0.717) is 0 Å². The predicted molar refractivity (Wildman–Crippen MR) is 81.4 cm³/mol. The lowest BCUT2D eigenvalue weighted by atomic mass is 10.1. The molecule has 0 unspecified atom stereocenters. The van der Waals surface area contributed by atoms with E-state index < -0.39 is 17.7 Å². The maximum absolute atomic E-state index is 12.7. The number of nitrogens with zero attached hydrogens (tertiary/aromatic N) is 1. The largest absolute Gasteiger partial charge is 0.469 e. The van der Waals surface area contributed by atoms with Gasteiger partial charge < -0.3 is 9.64 Å². The fraction of sp³-hybridized carbons (Fsp3) is 0.529. The number of methoxy groups -OCH3 is 1. The predicted octanol–water partition coefficient (Wildman–Crippen LogP) is 3.65. The van der Waals surface area contributed by atoms with E-state index in [-0.39, 0.29) is 30.5 Å². The van der Waals surface area contributed by atoms with Crippen molar-refractivity contribution in [3.8, 4) is 0 Å². The number of benzene rings is 1. The zero-order valence-electron chi connectivity index (χ0n) is 13.4. The van der Waals surface area contributed by atoms with E-state index >= 15 is 0 Å². The molecule has 7 heteroatoms. The van der Waals surface area contributed by atoms with Crippen LogP contribution in [0.4, 0.5) is 13.2 Å². The van der Waals surface area contributed by atoms with Crippen molar-refractivity contribution in [2.75, 3.05) is 13.7 Å². The summed E-state index contributed by atoms with van der Waals surface area (Å²) >= 11 is 0. The van der Waals surface area contributed by atoms with Gasteiger partial charge in [-0.05, 0) is 37.1 Å². The van der Waals surface area contributed by atoms with Gasteiger partial charge in [-0.1, -0.05) is 12.8 Å². The molecule has 4 nitrogen and oxygen atoms in total. The van der Waals surface area contributed by atoms with Gasteiger partial charge in [0.15, 0.2) is 0 Å². The third-order valence-corrected chi connectivity index (χ3v) is 4.27. The Morgan fingerprint density at radius 1 is 1.17 bits per heavy atom. The molecule has 1 aromatic rings. The molecule has 1 amide bonds. The smallest absolute Gasteiger partial charge is 0.416 e.